The van der Waals surface area contributed by atoms with E-state index in [-0.39, 0.29) is 41.2 Å². The van der Waals surface area contributed by atoms with Crippen LogP contribution in [0.25, 0.3) is 16.8 Å². The molecule has 5 aromatic rings. The predicted octanol–water partition coefficient (Wildman–Crippen LogP) is 5.92. The largest absolute Gasteiger partial charge is 0.378 e. The van der Waals surface area contributed by atoms with E-state index in [1.807, 2.05) is 0 Å². The minimum atomic E-state index is -3.75. The smallest absolute Gasteiger partial charge is 0.293 e. The van der Waals surface area contributed by atoms with E-state index >= 15 is 8.78 Å². The summed E-state index contributed by atoms with van der Waals surface area (Å²) in [5, 5.41) is 16.7. The second-order valence-corrected chi connectivity index (χ2v) is 16.0. The highest BCUT2D eigenvalue weighted by Gasteiger charge is 2.67. The molecule has 1 fully saturated rings. The summed E-state index contributed by atoms with van der Waals surface area (Å²) in [6, 6.07) is 9.42. The molecule has 1 saturated carbocycles. The number of pyridine rings is 2. The van der Waals surface area contributed by atoms with Crippen LogP contribution in [0.4, 0.5) is 32.2 Å². The Morgan fingerprint density at radius 1 is 1.09 bits per heavy atom. The molecule has 0 spiro atoms. The average Bonchev–Trinajstić information content (AvgIpc) is 3.62. The van der Waals surface area contributed by atoms with Crippen LogP contribution in [0.15, 0.2) is 48.5 Å². The Kier molecular flexibility index (Phi) is 9.24. The molecule has 3 N–H and O–H groups in total. The van der Waals surface area contributed by atoms with Crippen LogP contribution < -0.4 is 10.0 Å². The molecule has 0 radical (unpaired) electrons. The van der Waals surface area contributed by atoms with Crippen molar-refractivity contribution in [1.29, 1.82) is 0 Å². The number of aromatic nitrogens is 5. The van der Waals surface area contributed by atoms with Gasteiger partial charge < -0.3 is 10.4 Å². The van der Waals surface area contributed by atoms with Crippen LogP contribution in [-0.2, 0) is 33.7 Å². The Morgan fingerprint density at radius 3 is 2.45 bits per heavy atom. The Morgan fingerprint density at radius 2 is 1.80 bits per heavy atom. The highest BCUT2D eigenvalue weighted by molar-refractivity contribution is 7.92. The third-order valence-corrected chi connectivity index (χ3v) is 9.86. The lowest BCUT2D eigenvalue weighted by atomic mass is 9.96. The number of fused-ring (bicyclic) bond motifs is 4. The number of hydrogen-bond acceptors (Lipinski definition) is 7. The lowest BCUT2D eigenvalue weighted by Gasteiger charge is -2.23. The molecular formula is C37H33F6N7O4S. The van der Waals surface area contributed by atoms with Crippen LogP contribution in [0.1, 0.15) is 78.4 Å². The first-order valence-electron chi connectivity index (χ1n) is 16.9. The van der Waals surface area contributed by atoms with E-state index in [0.717, 1.165) is 18.4 Å². The van der Waals surface area contributed by atoms with Crippen LogP contribution in [0, 0.1) is 36.3 Å². The van der Waals surface area contributed by atoms with Gasteiger partial charge in [-0.2, -0.15) is 13.9 Å². The highest BCUT2D eigenvalue weighted by Crippen LogP contribution is 2.68. The molecular weight excluding hydrogens is 753 g/mol. The fraction of sp³-hybridized carbons (Fsp3) is 0.351. The van der Waals surface area contributed by atoms with E-state index in [4.69, 9.17) is 4.98 Å². The van der Waals surface area contributed by atoms with Crippen molar-refractivity contribution >= 4 is 27.3 Å². The van der Waals surface area contributed by atoms with Crippen molar-refractivity contribution in [2.24, 2.45) is 5.92 Å². The molecule has 1 aromatic carbocycles. The van der Waals surface area contributed by atoms with Crippen molar-refractivity contribution in [3.05, 3.63) is 99.9 Å². The molecule has 4 heterocycles. The standard InChI is InChI=1S/C37H33F6N7O4S/c1-18-44-35(48-55(4,53)54)28-7-5-6-27(50(18)28)23-9-8-22(10-11-36(2,3)52)45-31(23)26(14-19-12-20(38)15-21(39)13-19)46-29(51)17-49-33-30(32(47-49)34(40)41)24-16-25(24)37(33,42)43/h5-9,12-13,15,24-26,34,48,52H,14,16-17H2,1-4H3,(H,46,51)/t24-,25?,26-/m0/s1. The molecule has 0 saturated heterocycles. The number of aryl methyl sites for hydroxylation is 1. The van der Waals surface area contributed by atoms with E-state index in [2.05, 4.69) is 32.0 Å². The summed E-state index contributed by atoms with van der Waals surface area (Å²) in [4.78, 5) is 23.0. The van der Waals surface area contributed by atoms with Gasteiger partial charge in [-0.25, -0.2) is 35.9 Å². The number of benzene rings is 1. The maximum Gasteiger partial charge on any atom is 0.293 e. The third kappa shape index (κ3) is 7.50. The first kappa shape index (κ1) is 37.9. The van der Waals surface area contributed by atoms with Gasteiger partial charge >= 0.3 is 0 Å². The fourth-order valence-corrected chi connectivity index (χ4v) is 7.65. The molecule has 4 aromatic heterocycles. The van der Waals surface area contributed by atoms with Gasteiger partial charge in [0, 0.05) is 23.1 Å². The number of carbonyl (C=O) groups is 1. The zero-order valence-electron chi connectivity index (χ0n) is 29.6. The first-order valence-corrected chi connectivity index (χ1v) is 18.8. The number of sulfonamides is 1. The lowest BCUT2D eigenvalue weighted by Crippen LogP contribution is -2.35. The number of anilines is 1. The molecule has 1 unspecified atom stereocenters. The number of alkyl halides is 4. The normalized spacial score (nSPS) is 17.7. The molecule has 11 nitrogen and oxygen atoms in total. The third-order valence-electron chi connectivity index (χ3n) is 9.30. The summed E-state index contributed by atoms with van der Waals surface area (Å²) in [5.41, 5.74) is -2.00. The minimum absolute atomic E-state index is 0.0217. The molecule has 18 heteroatoms. The van der Waals surface area contributed by atoms with E-state index in [0.29, 0.717) is 33.3 Å². The van der Waals surface area contributed by atoms with Gasteiger partial charge in [-0.3, -0.25) is 18.6 Å². The number of amides is 1. The summed E-state index contributed by atoms with van der Waals surface area (Å²) in [6.07, 6.45) is -2.49. The Hall–Kier alpha value is -5.41. The van der Waals surface area contributed by atoms with Crippen LogP contribution in [0.2, 0.25) is 0 Å². The van der Waals surface area contributed by atoms with E-state index in [9.17, 15) is 35.9 Å². The number of halogens is 6. The van der Waals surface area contributed by atoms with Crippen LogP contribution in [0.5, 0.6) is 0 Å². The molecule has 7 rings (SSSR count). The Labute approximate surface area is 310 Å². The topological polar surface area (TPSA) is 144 Å². The number of imidazole rings is 1. The van der Waals surface area contributed by atoms with Crippen LogP contribution >= 0.6 is 0 Å². The molecule has 1 amide bonds. The van der Waals surface area contributed by atoms with Crippen molar-refractivity contribution in [3.8, 4) is 23.1 Å². The monoisotopic (exact) mass is 785 g/mol. The van der Waals surface area contributed by atoms with E-state index in [1.54, 1.807) is 35.6 Å². The highest BCUT2D eigenvalue weighted by atomic mass is 32.2. The number of aliphatic hydroxyl groups is 1. The van der Waals surface area contributed by atoms with E-state index in [1.165, 1.54) is 19.9 Å². The van der Waals surface area contributed by atoms with Gasteiger partial charge in [0.05, 0.1) is 29.2 Å². The van der Waals surface area contributed by atoms with Gasteiger partial charge in [0.15, 0.2) is 5.82 Å². The molecule has 0 bridgehead atoms. The van der Waals surface area contributed by atoms with Crippen molar-refractivity contribution < 1.29 is 44.7 Å². The molecule has 0 aliphatic heterocycles. The molecule has 55 heavy (non-hydrogen) atoms. The van der Waals surface area contributed by atoms with Crippen LogP contribution in [0.3, 0.4) is 0 Å². The molecule has 288 valence electrons. The fourth-order valence-electron chi connectivity index (χ4n) is 7.15. The van der Waals surface area contributed by atoms with Gasteiger partial charge in [-0.1, -0.05) is 12.0 Å². The second-order valence-electron chi connectivity index (χ2n) is 14.2. The summed E-state index contributed by atoms with van der Waals surface area (Å²) in [6.45, 7) is 3.60. The van der Waals surface area contributed by atoms with E-state index < -0.39 is 81.3 Å². The van der Waals surface area contributed by atoms with Crippen molar-refractivity contribution in [3.63, 3.8) is 0 Å². The second kappa shape index (κ2) is 13.4. The van der Waals surface area contributed by atoms with Crippen molar-refractivity contribution in [2.75, 3.05) is 11.0 Å². The van der Waals surface area contributed by atoms with Gasteiger partial charge in [0.25, 0.3) is 12.3 Å². The Bertz CT molecular complexity index is 2530. The molecule has 2 aliphatic carbocycles. The summed E-state index contributed by atoms with van der Waals surface area (Å²) >= 11 is 0. The first-order chi connectivity index (χ1) is 25.7. The summed E-state index contributed by atoms with van der Waals surface area (Å²) < 4.78 is 117. The van der Waals surface area contributed by atoms with Gasteiger partial charge in [-0.15, -0.1) is 0 Å². The number of rotatable bonds is 10. The minimum Gasteiger partial charge on any atom is -0.378 e. The van der Waals surface area contributed by atoms with Crippen molar-refractivity contribution in [2.45, 2.75) is 70.1 Å². The van der Waals surface area contributed by atoms with Gasteiger partial charge in [-0.05, 0) is 87.4 Å². The maximum atomic E-state index is 15.4. The maximum absolute atomic E-state index is 15.4. The molecule has 2 aliphatic rings. The number of nitrogens with zero attached hydrogens (tertiary/aromatic N) is 5. The number of hydrogen-bond donors (Lipinski definition) is 3. The quantitative estimate of drug-likeness (QED) is 0.118. The Balaban J connectivity index is 1.37. The van der Waals surface area contributed by atoms with Gasteiger partial charge in [0.1, 0.15) is 46.7 Å². The average molecular weight is 786 g/mol. The number of nitrogens with one attached hydrogen (secondary N) is 2. The zero-order chi connectivity index (χ0) is 39.8. The lowest BCUT2D eigenvalue weighted by molar-refractivity contribution is -0.123. The summed E-state index contributed by atoms with van der Waals surface area (Å²) in [7, 11) is -3.75. The SMILES string of the molecule is Cc1nc(NS(C)(=O)=O)c2cccc(-c3ccc(C#CC(C)(C)O)nc3[C@H](Cc3cc(F)cc(F)c3)NC(=O)Cn3nc(C(F)F)c4c3C(F)(F)C3C[C@H]43)n12. The summed E-state index contributed by atoms with van der Waals surface area (Å²) in [5.74, 6) is -2.47. The zero-order valence-corrected chi connectivity index (χ0v) is 30.5. The molecule has 3 atom stereocenters. The van der Waals surface area contributed by atoms with Crippen LogP contribution in [-0.4, -0.2) is 55.4 Å². The number of carbonyl (C=O) groups excluding carboxylic acids is 1. The van der Waals surface area contributed by atoms with Gasteiger partial charge in [0.2, 0.25) is 15.9 Å². The predicted molar refractivity (Wildman–Crippen MR) is 188 cm³/mol. The van der Waals surface area contributed by atoms with Crippen molar-refractivity contribution in [1.82, 2.24) is 29.5 Å².